The molecule has 0 unspecified atom stereocenters. The summed E-state index contributed by atoms with van der Waals surface area (Å²) in [6.45, 7) is 1.11. The molecule has 21 heavy (non-hydrogen) atoms. The molecule has 1 saturated carbocycles. The van der Waals surface area contributed by atoms with Crippen LogP contribution in [0.1, 0.15) is 42.4 Å². The Morgan fingerprint density at radius 3 is 2.43 bits per heavy atom. The quantitative estimate of drug-likeness (QED) is 0.670. The Labute approximate surface area is 122 Å². The predicted molar refractivity (Wildman–Crippen MR) is 74.8 cm³/mol. The summed E-state index contributed by atoms with van der Waals surface area (Å²) in [5.74, 6) is 1.52. The normalized spacial score (nSPS) is 21.1. The summed E-state index contributed by atoms with van der Waals surface area (Å²) in [5, 5.41) is 10.4. The van der Waals surface area contributed by atoms with Crippen molar-refractivity contribution in [3.05, 3.63) is 16.7 Å². The van der Waals surface area contributed by atoms with E-state index >= 15 is 0 Å². The number of carbonyl (C=O) groups excluding carboxylic acids is 1. The second-order valence-electron chi connectivity index (χ2n) is 5.98. The maximum Gasteiger partial charge on any atom is 0.235 e. The van der Waals surface area contributed by atoms with Crippen LogP contribution in [-0.2, 0) is 23.2 Å². The second kappa shape index (κ2) is 4.50. The van der Waals surface area contributed by atoms with Gasteiger partial charge in [0.15, 0.2) is 11.5 Å². The number of fused-ring (bicyclic) bond motifs is 2. The van der Waals surface area contributed by atoms with Crippen molar-refractivity contribution >= 4 is 6.08 Å². The van der Waals surface area contributed by atoms with Crippen molar-refractivity contribution in [1.29, 1.82) is 0 Å². The molecule has 5 nitrogen and oxygen atoms in total. The fraction of sp³-hybridized carbons (Fsp3) is 0.562. The fourth-order valence-electron chi connectivity index (χ4n) is 4.04. The zero-order valence-electron chi connectivity index (χ0n) is 11.8. The van der Waals surface area contributed by atoms with Crippen LogP contribution in [0.3, 0.4) is 0 Å². The van der Waals surface area contributed by atoms with E-state index in [0.29, 0.717) is 25.4 Å². The summed E-state index contributed by atoms with van der Waals surface area (Å²) in [6, 6.07) is 0. The molecule has 0 saturated heterocycles. The Bertz CT molecular complexity index is 620. The van der Waals surface area contributed by atoms with E-state index in [1.54, 1.807) is 6.08 Å². The molecule has 0 aromatic heterocycles. The zero-order chi connectivity index (χ0) is 14.4. The van der Waals surface area contributed by atoms with Gasteiger partial charge in [-0.15, -0.1) is 0 Å². The first-order valence-corrected chi connectivity index (χ1v) is 7.52. The van der Waals surface area contributed by atoms with Crippen LogP contribution >= 0.6 is 0 Å². The minimum Gasteiger partial charge on any atom is -0.504 e. The molecule has 1 aliphatic carbocycles. The van der Waals surface area contributed by atoms with Gasteiger partial charge >= 0.3 is 0 Å². The van der Waals surface area contributed by atoms with E-state index in [9.17, 15) is 9.90 Å². The van der Waals surface area contributed by atoms with E-state index in [1.807, 2.05) is 0 Å². The highest BCUT2D eigenvalue weighted by atomic mass is 16.5. The molecule has 2 heterocycles. The number of phenols is 1. The number of isocyanates is 1. The van der Waals surface area contributed by atoms with Gasteiger partial charge < -0.3 is 14.6 Å². The third-order valence-electron chi connectivity index (χ3n) is 4.93. The summed E-state index contributed by atoms with van der Waals surface area (Å²) in [6.07, 6.45) is 6.90. The standard InChI is InChI=1S/C16H17NO4/c18-9-17-16(5-1-2-6-16)12-10-3-7-21-15(10)13(19)11-4-8-20-14(11)12/h19H,1-8H2. The SMILES string of the molecule is O=C=NC1(c2c3c(c(O)c4c2OCC4)OCC3)CCCC1. The average Bonchev–Trinajstić information content (AvgIpc) is 3.18. The Morgan fingerprint density at radius 1 is 1.05 bits per heavy atom. The molecule has 5 heteroatoms. The van der Waals surface area contributed by atoms with Crippen molar-refractivity contribution in [3.63, 3.8) is 0 Å². The lowest BCUT2D eigenvalue weighted by Gasteiger charge is -2.27. The third-order valence-corrected chi connectivity index (χ3v) is 4.93. The van der Waals surface area contributed by atoms with Gasteiger partial charge in [0.05, 0.1) is 13.2 Å². The number of hydrogen-bond donors (Lipinski definition) is 1. The van der Waals surface area contributed by atoms with E-state index < -0.39 is 5.54 Å². The van der Waals surface area contributed by atoms with Gasteiger partial charge in [-0.25, -0.2) is 4.79 Å². The molecule has 0 spiro atoms. The monoisotopic (exact) mass is 287 g/mol. The Balaban J connectivity index is 2.03. The molecule has 1 fully saturated rings. The largest absolute Gasteiger partial charge is 0.504 e. The van der Waals surface area contributed by atoms with Crippen LogP contribution in [0.25, 0.3) is 0 Å². The lowest BCUT2D eigenvalue weighted by molar-refractivity contribution is 0.332. The van der Waals surface area contributed by atoms with Crippen molar-refractivity contribution < 1.29 is 19.4 Å². The topological polar surface area (TPSA) is 68.1 Å². The van der Waals surface area contributed by atoms with Crippen molar-refractivity contribution in [3.8, 4) is 17.2 Å². The van der Waals surface area contributed by atoms with Crippen LogP contribution in [-0.4, -0.2) is 24.4 Å². The number of benzene rings is 1. The minimum atomic E-state index is -0.540. The Hall–Kier alpha value is -2.00. The Kier molecular flexibility index (Phi) is 2.73. The van der Waals surface area contributed by atoms with Crippen molar-refractivity contribution in [1.82, 2.24) is 0 Å². The maximum absolute atomic E-state index is 11.0. The molecular formula is C16H17NO4. The summed E-state index contributed by atoms with van der Waals surface area (Å²) in [5.41, 5.74) is 2.20. The molecule has 1 aromatic rings. The highest BCUT2D eigenvalue weighted by Crippen LogP contribution is 2.56. The van der Waals surface area contributed by atoms with E-state index in [-0.39, 0.29) is 5.75 Å². The smallest absolute Gasteiger partial charge is 0.235 e. The number of aliphatic imine (C=N–C) groups is 1. The average molecular weight is 287 g/mol. The van der Waals surface area contributed by atoms with Gasteiger partial charge in [-0.1, -0.05) is 12.8 Å². The molecule has 4 rings (SSSR count). The van der Waals surface area contributed by atoms with Gasteiger partial charge in [0.1, 0.15) is 11.3 Å². The summed E-state index contributed by atoms with van der Waals surface area (Å²) < 4.78 is 11.4. The van der Waals surface area contributed by atoms with Crippen LogP contribution in [0.4, 0.5) is 0 Å². The first-order valence-electron chi connectivity index (χ1n) is 7.52. The van der Waals surface area contributed by atoms with Gasteiger partial charge in [0, 0.05) is 29.5 Å². The molecule has 0 atom stereocenters. The number of nitrogens with zero attached hydrogens (tertiary/aromatic N) is 1. The van der Waals surface area contributed by atoms with Crippen LogP contribution < -0.4 is 9.47 Å². The van der Waals surface area contributed by atoms with Gasteiger partial charge in [-0.05, 0) is 12.8 Å². The number of ether oxygens (including phenoxy) is 2. The van der Waals surface area contributed by atoms with Gasteiger partial charge in [-0.3, -0.25) is 0 Å². The third kappa shape index (κ3) is 1.64. The highest BCUT2D eigenvalue weighted by molar-refractivity contribution is 5.67. The number of hydrogen-bond acceptors (Lipinski definition) is 5. The first kappa shape index (κ1) is 12.7. The highest BCUT2D eigenvalue weighted by Gasteiger charge is 2.44. The number of phenolic OH excluding ortho intramolecular Hbond substituents is 1. The van der Waals surface area contributed by atoms with E-state index in [2.05, 4.69) is 4.99 Å². The van der Waals surface area contributed by atoms with Crippen LogP contribution in [0.2, 0.25) is 0 Å². The molecule has 0 amide bonds. The van der Waals surface area contributed by atoms with Gasteiger partial charge in [0.25, 0.3) is 0 Å². The minimum absolute atomic E-state index is 0.210. The first-order chi connectivity index (χ1) is 10.3. The number of aromatic hydroxyl groups is 1. The van der Waals surface area contributed by atoms with Crippen LogP contribution in [0.5, 0.6) is 17.2 Å². The summed E-state index contributed by atoms with van der Waals surface area (Å²) in [4.78, 5) is 15.2. The molecule has 110 valence electrons. The van der Waals surface area contributed by atoms with Gasteiger partial charge in [0.2, 0.25) is 6.08 Å². The maximum atomic E-state index is 11.0. The molecule has 1 N–H and O–H groups in total. The molecule has 1 aromatic carbocycles. The molecule has 2 aliphatic heterocycles. The second-order valence-corrected chi connectivity index (χ2v) is 5.98. The molecule has 3 aliphatic rings. The van der Waals surface area contributed by atoms with E-state index in [4.69, 9.17) is 9.47 Å². The van der Waals surface area contributed by atoms with E-state index in [1.165, 1.54) is 0 Å². The lowest BCUT2D eigenvalue weighted by atomic mass is 9.82. The predicted octanol–water partition coefficient (Wildman–Crippen LogP) is 2.37. The summed E-state index contributed by atoms with van der Waals surface area (Å²) in [7, 11) is 0. The molecule has 0 bridgehead atoms. The van der Waals surface area contributed by atoms with Gasteiger partial charge in [-0.2, -0.15) is 4.99 Å². The van der Waals surface area contributed by atoms with Crippen molar-refractivity contribution in [2.45, 2.75) is 44.1 Å². The van der Waals surface area contributed by atoms with Crippen LogP contribution in [0, 0.1) is 0 Å². The van der Waals surface area contributed by atoms with Crippen molar-refractivity contribution in [2.24, 2.45) is 4.99 Å². The zero-order valence-corrected chi connectivity index (χ0v) is 11.8. The summed E-state index contributed by atoms with van der Waals surface area (Å²) >= 11 is 0. The van der Waals surface area contributed by atoms with Crippen LogP contribution in [0.15, 0.2) is 4.99 Å². The lowest BCUT2D eigenvalue weighted by Crippen LogP contribution is -2.22. The molecular weight excluding hydrogens is 270 g/mol. The number of rotatable bonds is 2. The van der Waals surface area contributed by atoms with E-state index in [0.717, 1.165) is 54.5 Å². The fourth-order valence-corrected chi connectivity index (χ4v) is 4.04. The Morgan fingerprint density at radius 2 is 1.71 bits per heavy atom. The van der Waals surface area contributed by atoms with Crippen molar-refractivity contribution in [2.75, 3.05) is 13.2 Å². The molecule has 0 radical (unpaired) electrons.